The van der Waals surface area contributed by atoms with E-state index >= 15 is 0 Å². The van der Waals surface area contributed by atoms with E-state index in [1.807, 2.05) is 32.0 Å². The molecule has 1 amide bonds. The summed E-state index contributed by atoms with van der Waals surface area (Å²) in [5, 5.41) is 2.87. The Kier molecular flexibility index (Phi) is 3.32. The van der Waals surface area contributed by atoms with Crippen LogP contribution in [0.2, 0.25) is 0 Å². The number of hydrogen-bond donors (Lipinski definition) is 1. The largest absolute Gasteiger partial charge is 0.454 e. The molecule has 4 nitrogen and oxygen atoms in total. The summed E-state index contributed by atoms with van der Waals surface area (Å²) in [4.78, 5) is 11.4. The van der Waals surface area contributed by atoms with E-state index in [-0.39, 0.29) is 18.7 Å². The van der Waals surface area contributed by atoms with Crippen LogP contribution in [0, 0.1) is 0 Å². The van der Waals surface area contributed by atoms with Crippen LogP contribution in [-0.2, 0) is 4.79 Å². The molecular formula is C13H15NO3. The lowest BCUT2D eigenvalue weighted by Gasteiger charge is -2.13. The molecular weight excluding hydrogens is 218 g/mol. The van der Waals surface area contributed by atoms with Gasteiger partial charge in [0.05, 0.1) is 6.04 Å². The summed E-state index contributed by atoms with van der Waals surface area (Å²) in [6.45, 7) is 4.00. The molecule has 0 aliphatic carbocycles. The Morgan fingerprint density at radius 3 is 2.94 bits per heavy atom. The van der Waals surface area contributed by atoms with Gasteiger partial charge in [-0.25, -0.2) is 0 Å². The van der Waals surface area contributed by atoms with Gasteiger partial charge in [-0.15, -0.1) is 0 Å². The van der Waals surface area contributed by atoms with Gasteiger partial charge in [0, 0.05) is 0 Å². The summed E-state index contributed by atoms with van der Waals surface area (Å²) in [6, 6.07) is 5.61. The van der Waals surface area contributed by atoms with E-state index in [9.17, 15) is 4.79 Å². The van der Waals surface area contributed by atoms with Crippen molar-refractivity contribution in [3.8, 4) is 11.5 Å². The minimum absolute atomic E-state index is 0.0619. The number of carbonyl (C=O) groups excluding carboxylic acids is 1. The summed E-state index contributed by atoms with van der Waals surface area (Å²) < 4.78 is 10.5. The molecule has 0 saturated heterocycles. The standard InChI is InChI=1S/C13H15NO3/c1-3-4-13(15)14-9(2)10-5-6-11-12(7-10)17-8-16-11/h3-7,9H,8H2,1-2H3,(H,14,15)/b4-3+. The van der Waals surface area contributed by atoms with Crippen LogP contribution in [0.15, 0.2) is 30.4 Å². The quantitative estimate of drug-likeness (QED) is 0.814. The number of fused-ring (bicyclic) bond motifs is 1. The molecule has 4 heteroatoms. The van der Waals surface area contributed by atoms with Gasteiger partial charge in [-0.3, -0.25) is 4.79 Å². The van der Waals surface area contributed by atoms with Crippen LogP contribution in [-0.4, -0.2) is 12.7 Å². The number of allylic oxidation sites excluding steroid dienone is 1. The Labute approximate surface area is 100 Å². The van der Waals surface area contributed by atoms with E-state index in [0.29, 0.717) is 0 Å². The zero-order chi connectivity index (χ0) is 12.3. The van der Waals surface area contributed by atoms with Gasteiger partial charge >= 0.3 is 0 Å². The van der Waals surface area contributed by atoms with Crippen LogP contribution in [0.4, 0.5) is 0 Å². The fraction of sp³-hybridized carbons (Fsp3) is 0.308. The van der Waals surface area contributed by atoms with Crippen LogP contribution in [0.1, 0.15) is 25.5 Å². The van der Waals surface area contributed by atoms with E-state index in [1.54, 1.807) is 6.08 Å². The first-order chi connectivity index (χ1) is 8.20. The van der Waals surface area contributed by atoms with Crippen molar-refractivity contribution in [2.75, 3.05) is 6.79 Å². The number of nitrogens with one attached hydrogen (secondary N) is 1. The average molecular weight is 233 g/mol. The summed E-state index contributed by atoms with van der Waals surface area (Å²) >= 11 is 0. The molecule has 1 aromatic rings. The minimum atomic E-state index is -0.0994. The number of benzene rings is 1. The zero-order valence-corrected chi connectivity index (χ0v) is 9.90. The number of ether oxygens (including phenoxy) is 2. The molecule has 1 aliphatic heterocycles. The molecule has 1 aromatic carbocycles. The monoisotopic (exact) mass is 233 g/mol. The molecule has 17 heavy (non-hydrogen) atoms. The van der Waals surface area contributed by atoms with Crippen LogP contribution < -0.4 is 14.8 Å². The highest BCUT2D eigenvalue weighted by molar-refractivity contribution is 5.87. The second-order valence-corrected chi connectivity index (χ2v) is 3.84. The molecule has 1 aliphatic rings. The van der Waals surface area contributed by atoms with Crippen LogP contribution in [0.25, 0.3) is 0 Å². The van der Waals surface area contributed by atoms with Crippen LogP contribution >= 0.6 is 0 Å². The maximum atomic E-state index is 11.4. The van der Waals surface area contributed by atoms with Crippen molar-refractivity contribution in [3.05, 3.63) is 35.9 Å². The molecule has 0 radical (unpaired) electrons. The van der Waals surface area contributed by atoms with Gasteiger partial charge in [0.1, 0.15) is 0 Å². The first-order valence-electron chi connectivity index (χ1n) is 5.53. The highest BCUT2D eigenvalue weighted by Gasteiger charge is 2.16. The fourth-order valence-corrected chi connectivity index (χ4v) is 1.68. The molecule has 1 N–H and O–H groups in total. The summed E-state index contributed by atoms with van der Waals surface area (Å²) in [7, 11) is 0. The first kappa shape index (κ1) is 11.5. The third kappa shape index (κ3) is 2.58. The first-order valence-corrected chi connectivity index (χ1v) is 5.53. The number of rotatable bonds is 3. The van der Waals surface area contributed by atoms with Crippen molar-refractivity contribution in [1.82, 2.24) is 5.32 Å². The Morgan fingerprint density at radius 2 is 2.18 bits per heavy atom. The number of carbonyl (C=O) groups is 1. The molecule has 90 valence electrons. The number of amides is 1. The Hall–Kier alpha value is -1.97. The third-order valence-corrected chi connectivity index (χ3v) is 2.57. The minimum Gasteiger partial charge on any atom is -0.454 e. The molecule has 0 aromatic heterocycles. The van der Waals surface area contributed by atoms with Crippen LogP contribution in [0.5, 0.6) is 11.5 Å². The summed E-state index contributed by atoms with van der Waals surface area (Å²) in [6.07, 6.45) is 3.21. The molecule has 0 saturated carbocycles. The van der Waals surface area contributed by atoms with Gasteiger partial charge in [-0.1, -0.05) is 12.1 Å². The normalized spacial score (nSPS) is 14.9. The van der Waals surface area contributed by atoms with Crippen molar-refractivity contribution < 1.29 is 14.3 Å². The molecule has 1 atom stereocenters. The average Bonchev–Trinajstić information content (AvgIpc) is 2.75. The molecule has 1 unspecified atom stereocenters. The fourth-order valence-electron chi connectivity index (χ4n) is 1.68. The van der Waals surface area contributed by atoms with Gasteiger partial charge in [0.15, 0.2) is 11.5 Å². The van der Waals surface area contributed by atoms with Gasteiger partial charge in [-0.05, 0) is 37.6 Å². The Morgan fingerprint density at radius 1 is 1.41 bits per heavy atom. The van der Waals surface area contributed by atoms with Gasteiger partial charge in [-0.2, -0.15) is 0 Å². The number of hydrogen-bond acceptors (Lipinski definition) is 3. The highest BCUT2D eigenvalue weighted by atomic mass is 16.7. The molecule has 1 heterocycles. The van der Waals surface area contributed by atoms with E-state index in [0.717, 1.165) is 17.1 Å². The van der Waals surface area contributed by atoms with E-state index in [2.05, 4.69) is 5.32 Å². The Balaban J connectivity index is 2.09. The summed E-state index contributed by atoms with van der Waals surface area (Å²) in [5.74, 6) is 1.38. The lowest BCUT2D eigenvalue weighted by molar-refractivity contribution is -0.117. The lowest BCUT2D eigenvalue weighted by Crippen LogP contribution is -2.24. The second kappa shape index (κ2) is 4.91. The van der Waals surface area contributed by atoms with Gasteiger partial charge < -0.3 is 14.8 Å². The predicted octanol–water partition coefficient (Wildman–Crippen LogP) is 2.17. The van der Waals surface area contributed by atoms with Crippen molar-refractivity contribution >= 4 is 5.91 Å². The second-order valence-electron chi connectivity index (χ2n) is 3.84. The SMILES string of the molecule is C/C=C/C(=O)NC(C)c1ccc2c(c1)OCO2. The van der Waals surface area contributed by atoms with E-state index < -0.39 is 0 Å². The van der Waals surface area contributed by atoms with Crippen molar-refractivity contribution in [2.45, 2.75) is 19.9 Å². The lowest BCUT2D eigenvalue weighted by atomic mass is 10.1. The van der Waals surface area contributed by atoms with E-state index in [4.69, 9.17) is 9.47 Å². The molecule has 0 bridgehead atoms. The molecule has 0 spiro atoms. The van der Waals surface area contributed by atoms with Gasteiger partial charge in [0.25, 0.3) is 0 Å². The maximum Gasteiger partial charge on any atom is 0.244 e. The third-order valence-electron chi connectivity index (χ3n) is 2.57. The van der Waals surface area contributed by atoms with Crippen molar-refractivity contribution in [3.63, 3.8) is 0 Å². The van der Waals surface area contributed by atoms with Crippen LogP contribution in [0.3, 0.4) is 0 Å². The molecule has 0 fully saturated rings. The van der Waals surface area contributed by atoms with Crippen molar-refractivity contribution in [2.24, 2.45) is 0 Å². The smallest absolute Gasteiger partial charge is 0.244 e. The Bertz CT molecular complexity index is 454. The van der Waals surface area contributed by atoms with Crippen molar-refractivity contribution in [1.29, 1.82) is 0 Å². The summed E-state index contributed by atoms with van der Waals surface area (Å²) in [5.41, 5.74) is 0.993. The highest BCUT2D eigenvalue weighted by Crippen LogP contribution is 2.34. The predicted molar refractivity (Wildman–Crippen MR) is 63.9 cm³/mol. The zero-order valence-electron chi connectivity index (χ0n) is 9.90. The maximum absolute atomic E-state index is 11.4. The topological polar surface area (TPSA) is 47.6 Å². The molecule has 2 rings (SSSR count). The van der Waals surface area contributed by atoms with E-state index in [1.165, 1.54) is 6.08 Å². The van der Waals surface area contributed by atoms with Gasteiger partial charge in [0.2, 0.25) is 12.7 Å².